The first-order valence-corrected chi connectivity index (χ1v) is 15.1. The van der Waals surface area contributed by atoms with Crippen molar-refractivity contribution in [1.82, 2.24) is 8.61 Å². The van der Waals surface area contributed by atoms with Crippen LogP contribution in [0.4, 0.5) is 11.4 Å². The SMILES string of the molecule is COC(CC(=O)OC(=O)CC(CN(C)S(=O)(=O)c1ccccc1[N+](=O)[O-])OC)CN(C)S(=O)(=O)c1ccccc1[N+](=O)[O-]. The number of likely N-dealkylation sites (N-methyl/N-ethyl adjacent to an activating group) is 2. The summed E-state index contributed by atoms with van der Waals surface area (Å²) in [7, 11) is -4.11. The topological polar surface area (TPSA) is 223 Å². The van der Waals surface area contributed by atoms with Gasteiger partial charge in [0.1, 0.15) is 0 Å². The van der Waals surface area contributed by atoms with Gasteiger partial charge in [0.05, 0.1) is 34.9 Å². The number of carbonyl (C=O) groups is 2. The quantitative estimate of drug-likeness (QED) is 0.109. The third-order valence-corrected chi connectivity index (χ3v) is 9.85. The number of para-hydroxylation sites is 2. The molecule has 0 saturated heterocycles. The Morgan fingerprint density at radius 1 is 0.721 bits per heavy atom. The first-order chi connectivity index (χ1) is 20.1. The maximum Gasteiger partial charge on any atom is 0.316 e. The summed E-state index contributed by atoms with van der Waals surface area (Å²) in [5.41, 5.74) is -1.28. The molecule has 2 atom stereocenters. The largest absolute Gasteiger partial charge is 0.393 e. The number of rotatable bonds is 16. The molecule has 0 aliphatic rings. The Kier molecular flexibility index (Phi) is 12.3. The van der Waals surface area contributed by atoms with Gasteiger partial charge in [-0.3, -0.25) is 29.8 Å². The number of hydrogen-bond donors (Lipinski definition) is 0. The third-order valence-electron chi connectivity index (χ3n) is 6.10. The number of benzene rings is 2. The smallest absolute Gasteiger partial charge is 0.316 e. The lowest BCUT2D eigenvalue weighted by Gasteiger charge is -2.23. The van der Waals surface area contributed by atoms with E-state index in [1.807, 2.05) is 0 Å². The highest BCUT2D eigenvalue weighted by molar-refractivity contribution is 7.89. The van der Waals surface area contributed by atoms with Gasteiger partial charge >= 0.3 is 11.9 Å². The molecule has 2 aromatic rings. The van der Waals surface area contributed by atoms with Crippen LogP contribution in [0.25, 0.3) is 0 Å². The molecule has 0 amide bonds. The lowest BCUT2D eigenvalue weighted by molar-refractivity contribution is -0.388. The molecule has 0 spiro atoms. The minimum absolute atomic E-state index is 0.427. The average molecular weight is 647 g/mol. The van der Waals surface area contributed by atoms with E-state index in [0.29, 0.717) is 0 Å². The maximum absolute atomic E-state index is 12.9. The number of nitro benzene ring substituents is 2. The summed E-state index contributed by atoms with van der Waals surface area (Å²) in [5.74, 6) is -2.19. The first-order valence-electron chi connectivity index (χ1n) is 12.2. The lowest BCUT2D eigenvalue weighted by atomic mass is 10.2. The highest BCUT2D eigenvalue weighted by atomic mass is 32.2. The zero-order valence-corrected chi connectivity index (χ0v) is 25.1. The van der Waals surface area contributed by atoms with E-state index in [0.717, 1.165) is 47.0 Å². The Balaban J connectivity index is 2.02. The van der Waals surface area contributed by atoms with Gasteiger partial charge in [-0.2, -0.15) is 8.61 Å². The van der Waals surface area contributed by atoms with E-state index < -0.39 is 101 Å². The molecular formula is C24H30N4O13S2. The highest BCUT2D eigenvalue weighted by Gasteiger charge is 2.33. The Bertz CT molecular complexity index is 1450. The predicted molar refractivity (Wildman–Crippen MR) is 148 cm³/mol. The predicted octanol–water partition coefficient (Wildman–Crippen LogP) is 1.32. The molecule has 2 unspecified atom stereocenters. The fourth-order valence-corrected chi connectivity index (χ4v) is 6.50. The van der Waals surface area contributed by atoms with E-state index in [1.54, 1.807) is 0 Å². The number of ether oxygens (including phenoxy) is 3. The van der Waals surface area contributed by atoms with Crippen molar-refractivity contribution in [1.29, 1.82) is 0 Å². The van der Waals surface area contributed by atoms with Crippen LogP contribution in [-0.2, 0) is 43.8 Å². The van der Waals surface area contributed by atoms with E-state index in [1.165, 1.54) is 38.5 Å². The monoisotopic (exact) mass is 646 g/mol. The van der Waals surface area contributed by atoms with Gasteiger partial charge in [0.15, 0.2) is 9.79 Å². The van der Waals surface area contributed by atoms with Crippen LogP contribution in [-0.4, -0.2) is 101 Å². The number of nitro groups is 2. The number of carbonyl (C=O) groups excluding carboxylic acids is 2. The van der Waals surface area contributed by atoms with Gasteiger partial charge in [-0.05, 0) is 12.1 Å². The summed E-state index contributed by atoms with van der Waals surface area (Å²) < 4.78 is 68.3. The standard InChI is InChI=1S/C24H30N4O13S2/c1-25(42(35,36)21-11-7-5-9-19(21)27(31)32)15-17(39-3)13-23(29)41-24(30)14-18(40-4)16-26(2)43(37,38)22-12-8-6-10-20(22)28(33)34/h5-12,17-18H,13-16H2,1-4H3. The van der Waals surface area contributed by atoms with Crippen LogP contribution in [0.5, 0.6) is 0 Å². The van der Waals surface area contributed by atoms with Gasteiger partial charge in [0.25, 0.3) is 11.4 Å². The minimum atomic E-state index is -4.36. The molecule has 236 valence electrons. The number of hydrogen-bond acceptors (Lipinski definition) is 13. The van der Waals surface area contributed by atoms with Crippen molar-refractivity contribution in [3.05, 3.63) is 68.8 Å². The second-order valence-electron chi connectivity index (χ2n) is 8.99. The van der Waals surface area contributed by atoms with Crippen LogP contribution in [0.1, 0.15) is 12.8 Å². The summed E-state index contributed by atoms with van der Waals surface area (Å²) in [6.07, 6.45) is -3.39. The molecule has 0 aliphatic heterocycles. The van der Waals surface area contributed by atoms with Crippen molar-refractivity contribution in [2.45, 2.75) is 34.8 Å². The van der Waals surface area contributed by atoms with Gasteiger partial charge < -0.3 is 14.2 Å². The van der Waals surface area contributed by atoms with Gasteiger partial charge in [0, 0.05) is 53.5 Å². The van der Waals surface area contributed by atoms with Crippen LogP contribution in [0, 0.1) is 20.2 Å². The van der Waals surface area contributed by atoms with Crippen molar-refractivity contribution >= 4 is 43.4 Å². The molecule has 0 N–H and O–H groups in total. The minimum Gasteiger partial charge on any atom is -0.393 e. The molecule has 0 aromatic heterocycles. The fraction of sp³-hybridized carbons (Fsp3) is 0.417. The number of esters is 2. The molecule has 19 heteroatoms. The molecule has 0 fully saturated rings. The van der Waals surface area contributed by atoms with Crippen molar-refractivity contribution in [3.63, 3.8) is 0 Å². The molecule has 0 heterocycles. The fourth-order valence-electron chi connectivity index (χ4n) is 3.78. The second kappa shape index (κ2) is 15.0. The van der Waals surface area contributed by atoms with Gasteiger partial charge in [-0.1, -0.05) is 24.3 Å². The van der Waals surface area contributed by atoms with E-state index in [9.17, 15) is 46.7 Å². The zero-order chi connectivity index (χ0) is 32.5. The third kappa shape index (κ3) is 9.05. The molecule has 0 radical (unpaired) electrons. The van der Waals surface area contributed by atoms with E-state index in [4.69, 9.17) is 14.2 Å². The van der Waals surface area contributed by atoms with E-state index in [-0.39, 0.29) is 0 Å². The van der Waals surface area contributed by atoms with Crippen LogP contribution in [0.15, 0.2) is 58.3 Å². The summed E-state index contributed by atoms with van der Waals surface area (Å²) in [5, 5.41) is 22.5. The second-order valence-corrected chi connectivity index (χ2v) is 13.0. The van der Waals surface area contributed by atoms with Crippen LogP contribution >= 0.6 is 0 Å². The van der Waals surface area contributed by atoms with Gasteiger partial charge in [0.2, 0.25) is 20.0 Å². The van der Waals surface area contributed by atoms with E-state index in [2.05, 4.69) is 0 Å². The molecular weight excluding hydrogens is 616 g/mol. The number of nitrogens with zero attached hydrogens (tertiary/aromatic N) is 4. The molecule has 0 saturated carbocycles. The van der Waals surface area contributed by atoms with Crippen molar-refractivity contribution < 1.29 is 50.5 Å². The summed E-state index contributed by atoms with van der Waals surface area (Å²) in [6.45, 7) is -0.855. The highest BCUT2D eigenvalue weighted by Crippen LogP contribution is 2.27. The van der Waals surface area contributed by atoms with Gasteiger partial charge in [-0.25, -0.2) is 16.8 Å². The number of methoxy groups -OCH3 is 2. The Morgan fingerprint density at radius 3 is 1.35 bits per heavy atom. The molecule has 17 nitrogen and oxygen atoms in total. The van der Waals surface area contributed by atoms with Gasteiger partial charge in [-0.15, -0.1) is 0 Å². The molecule has 2 aromatic carbocycles. The van der Waals surface area contributed by atoms with Crippen molar-refractivity contribution in [2.75, 3.05) is 41.4 Å². The molecule has 0 bridgehead atoms. The average Bonchev–Trinajstić information content (AvgIpc) is 2.95. The number of sulfonamides is 2. The molecule has 0 aliphatic carbocycles. The molecule has 43 heavy (non-hydrogen) atoms. The van der Waals surface area contributed by atoms with Crippen molar-refractivity contribution in [3.8, 4) is 0 Å². The first kappa shape index (κ1) is 35.3. The Hall–Kier alpha value is -3.88. The Labute approximate surface area is 247 Å². The Morgan fingerprint density at radius 2 is 1.05 bits per heavy atom. The summed E-state index contributed by atoms with van der Waals surface area (Å²) in [4.78, 5) is 44.5. The molecule has 2 rings (SSSR count). The normalized spacial score (nSPS) is 13.4. The van der Waals surface area contributed by atoms with Crippen LogP contribution < -0.4 is 0 Å². The van der Waals surface area contributed by atoms with Crippen LogP contribution in [0.3, 0.4) is 0 Å². The maximum atomic E-state index is 12.9. The summed E-state index contributed by atoms with van der Waals surface area (Å²) >= 11 is 0. The lowest BCUT2D eigenvalue weighted by Crippen LogP contribution is -2.38. The van der Waals surface area contributed by atoms with Crippen LogP contribution in [0.2, 0.25) is 0 Å². The van der Waals surface area contributed by atoms with E-state index >= 15 is 0 Å². The summed E-state index contributed by atoms with van der Waals surface area (Å²) in [6, 6.07) is 9.44. The zero-order valence-electron chi connectivity index (χ0n) is 23.5. The van der Waals surface area contributed by atoms with Crippen molar-refractivity contribution in [2.24, 2.45) is 0 Å².